The highest BCUT2D eigenvalue weighted by atomic mass is 35.5. The fraction of sp³-hybridized carbons (Fsp3) is 0.409. The molecule has 0 atom stereocenters. The van der Waals surface area contributed by atoms with Crippen LogP contribution in [0.15, 0.2) is 54.6 Å². The Morgan fingerprint density at radius 2 is 1.52 bits per heavy atom. The highest BCUT2D eigenvalue weighted by Crippen LogP contribution is 2.14. The van der Waals surface area contributed by atoms with Crippen molar-refractivity contribution >= 4 is 17.5 Å². The van der Waals surface area contributed by atoms with Crippen molar-refractivity contribution < 1.29 is 4.79 Å². The van der Waals surface area contributed by atoms with Gasteiger partial charge in [0.1, 0.15) is 0 Å². The van der Waals surface area contributed by atoms with Gasteiger partial charge >= 0.3 is 0 Å². The van der Waals surface area contributed by atoms with E-state index in [0.29, 0.717) is 18.0 Å². The average molecular weight is 386 g/mol. The Kier molecular flexibility index (Phi) is 7.69. The van der Waals surface area contributed by atoms with Crippen LogP contribution in [0.4, 0.5) is 0 Å². The summed E-state index contributed by atoms with van der Waals surface area (Å²) in [6.45, 7) is 6.64. The summed E-state index contributed by atoms with van der Waals surface area (Å²) in [5, 5.41) is 3.66. The molecule has 1 N–H and O–H groups in total. The predicted octanol–water partition coefficient (Wildman–Crippen LogP) is 3.21. The van der Waals surface area contributed by atoms with Crippen LogP contribution in [0.1, 0.15) is 17.5 Å². The number of amides is 1. The van der Waals surface area contributed by atoms with Gasteiger partial charge in [-0.2, -0.15) is 0 Å². The maximum Gasteiger partial charge on any atom is 0.221 e. The van der Waals surface area contributed by atoms with Crippen LogP contribution in [0.25, 0.3) is 0 Å². The third-order valence-corrected chi connectivity index (χ3v) is 5.48. The van der Waals surface area contributed by atoms with E-state index in [1.807, 2.05) is 24.3 Å². The van der Waals surface area contributed by atoms with E-state index in [-0.39, 0.29) is 5.91 Å². The maximum atomic E-state index is 12.1. The molecule has 1 aliphatic heterocycles. The van der Waals surface area contributed by atoms with E-state index in [0.717, 1.165) is 51.3 Å². The summed E-state index contributed by atoms with van der Waals surface area (Å²) in [5.74, 6) is 0.0847. The van der Waals surface area contributed by atoms with Gasteiger partial charge in [0.15, 0.2) is 0 Å². The number of hydrogen-bond acceptors (Lipinski definition) is 3. The molecule has 4 nitrogen and oxygen atoms in total. The van der Waals surface area contributed by atoms with Gasteiger partial charge in [-0.05, 0) is 23.6 Å². The number of piperazine rings is 1. The minimum Gasteiger partial charge on any atom is -0.352 e. The topological polar surface area (TPSA) is 35.6 Å². The molecule has 1 aliphatic rings. The van der Waals surface area contributed by atoms with E-state index < -0.39 is 0 Å². The molecule has 2 aromatic carbocycles. The van der Waals surface area contributed by atoms with Crippen molar-refractivity contribution in [1.29, 1.82) is 0 Å². The number of halogens is 1. The Morgan fingerprint density at radius 3 is 2.22 bits per heavy atom. The number of nitrogens with one attached hydrogen (secondary N) is 1. The van der Waals surface area contributed by atoms with E-state index in [4.69, 9.17) is 11.6 Å². The SMILES string of the molecule is O=C(CCN1CCN(CCc2ccccc2)CC1)NCc1ccccc1Cl. The molecular formula is C22H28ClN3O. The van der Waals surface area contributed by atoms with Crippen LogP contribution in [-0.4, -0.2) is 55.0 Å². The molecule has 0 aliphatic carbocycles. The Morgan fingerprint density at radius 1 is 0.889 bits per heavy atom. The van der Waals surface area contributed by atoms with Gasteiger partial charge in [-0.1, -0.05) is 60.1 Å². The third kappa shape index (κ3) is 6.65. The Balaban J connectivity index is 1.30. The summed E-state index contributed by atoms with van der Waals surface area (Å²) in [4.78, 5) is 17.0. The van der Waals surface area contributed by atoms with Crippen LogP contribution in [0.5, 0.6) is 0 Å². The summed E-state index contributed by atoms with van der Waals surface area (Å²) in [5.41, 5.74) is 2.36. The minimum absolute atomic E-state index is 0.0847. The molecule has 1 fully saturated rings. The normalized spacial score (nSPS) is 15.6. The number of carbonyl (C=O) groups excluding carboxylic acids is 1. The van der Waals surface area contributed by atoms with Crippen molar-refractivity contribution in [2.24, 2.45) is 0 Å². The molecule has 1 saturated heterocycles. The van der Waals surface area contributed by atoms with Gasteiger partial charge in [0, 0.05) is 57.3 Å². The van der Waals surface area contributed by atoms with Gasteiger partial charge in [-0.3, -0.25) is 4.79 Å². The van der Waals surface area contributed by atoms with Gasteiger partial charge in [0.2, 0.25) is 5.91 Å². The third-order valence-electron chi connectivity index (χ3n) is 5.11. The zero-order valence-corrected chi connectivity index (χ0v) is 16.5. The molecule has 3 rings (SSSR count). The second-order valence-corrected chi connectivity index (χ2v) is 7.44. The molecule has 144 valence electrons. The van der Waals surface area contributed by atoms with Crippen LogP contribution < -0.4 is 5.32 Å². The Bertz CT molecular complexity index is 715. The van der Waals surface area contributed by atoms with Crippen molar-refractivity contribution in [3.63, 3.8) is 0 Å². The average Bonchev–Trinajstić information content (AvgIpc) is 2.71. The van der Waals surface area contributed by atoms with Gasteiger partial charge in [-0.25, -0.2) is 0 Å². The van der Waals surface area contributed by atoms with Crippen LogP contribution in [0.2, 0.25) is 5.02 Å². The first kappa shape index (κ1) is 19.9. The molecule has 1 heterocycles. The number of benzene rings is 2. The summed E-state index contributed by atoms with van der Waals surface area (Å²) < 4.78 is 0. The van der Waals surface area contributed by atoms with Crippen LogP contribution >= 0.6 is 11.6 Å². The van der Waals surface area contributed by atoms with Gasteiger partial charge in [0.25, 0.3) is 0 Å². The molecule has 27 heavy (non-hydrogen) atoms. The molecule has 1 amide bonds. The lowest BCUT2D eigenvalue weighted by atomic mass is 10.1. The second kappa shape index (κ2) is 10.5. The fourth-order valence-corrected chi connectivity index (χ4v) is 3.55. The second-order valence-electron chi connectivity index (χ2n) is 7.04. The number of hydrogen-bond donors (Lipinski definition) is 1. The monoisotopic (exact) mass is 385 g/mol. The Labute approximate surface area is 167 Å². The van der Waals surface area contributed by atoms with Gasteiger partial charge < -0.3 is 15.1 Å². The standard InChI is InChI=1S/C22H28ClN3O/c23-21-9-5-4-8-20(21)18-24-22(27)11-13-26-16-14-25(15-17-26)12-10-19-6-2-1-3-7-19/h1-9H,10-18H2,(H,24,27). The number of carbonyl (C=O) groups is 1. The lowest BCUT2D eigenvalue weighted by Gasteiger charge is -2.34. The van der Waals surface area contributed by atoms with Crippen molar-refractivity contribution in [3.8, 4) is 0 Å². The molecule has 0 bridgehead atoms. The number of nitrogens with zero attached hydrogens (tertiary/aromatic N) is 2. The summed E-state index contributed by atoms with van der Waals surface area (Å²) in [6.07, 6.45) is 1.64. The van der Waals surface area contributed by atoms with Crippen molar-refractivity contribution in [2.75, 3.05) is 39.3 Å². The van der Waals surface area contributed by atoms with Crippen molar-refractivity contribution in [2.45, 2.75) is 19.4 Å². The van der Waals surface area contributed by atoms with Crippen molar-refractivity contribution in [3.05, 3.63) is 70.7 Å². The van der Waals surface area contributed by atoms with E-state index in [1.54, 1.807) is 0 Å². The highest BCUT2D eigenvalue weighted by Gasteiger charge is 2.17. The molecule has 0 radical (unpaired) electrons. The lowest BCUT2D eigenvalue weighted by molar-refractivity contribution is -0.121. The van der Waals surface area contributed by atoms with Crippen LogP contribution in [-0.2, 0) is 17.8 Å². The first-order valence-electron chi connectivity index (χ1n) is 9.69. The lowest BCUT2D eigenvalue weighted by Crippen LogP contribution is -2.47. The van der Waals surface area contributed by atoms with Crippen molar-refractivity contribution in [1.82, 2.24) is 15.1 Å². The summed E-state index contributed by atoms with van der Waals surface area (Å²) in [6, 6.07) is 18.3. The van der Waals surface area contributed by atoms with E-state index >= 15 is 0 Å². The maximum absolute atomic E-state index is 12.1. The minimum atomic E-state index is 0.0847. The fourth-order valence-electron chi connectivity index (χ4n) is 3.35. The number of rotatable bonds is 8. The zero-order chi connectivity index (χ0) is 18.9. The molecule has 0 unspecified atom stereocenters. The summed E-state index contributed by atoms with van der Waals surface area (Å²) in [7, 11) is 0. The molecule has 0 spiro atoms. The van der Waals surface area contributed by atoms with Crippen LogP contribution in [0.3, 0.4) is 0 Å². The Hall–Kier alpha value is -1.88. The summed E-state index contributed by atoms with van der Waals surface area (Å²) >= 11 is 6.12. The molecule has 2 aromatic rings. The molecular weight excluding hydrogens is 358 g/mol. The largest absolute Gasteiger partial charge is 0.352 e. The first-order chi connectivity index (χ1) is 13.2. The van der Waals surface area contributed by atoms with E-state index in [9.17, 15) is 4.79 Å². The van der Waals surface area contributed by atoms with Crippen LogP contribution in [0, 0.1) is 0 Å². The quantitative estimate of drug-likeness (QED) is 0.757. The van der Waals surface area contributed by atoms with E-state index in [2.05, 4.69) is 45.4 Å². The molecule has 0 aromatic heterocycles. The highest BCUT2D eigenvalue weighted by molar-refractivity contribution is 6.31. The zero-order valence-electron chi connectivity index (χ0n) is 15.7. The van der Waals surface area contributed by atoms with Gasteiger partial charge in [-0.15, -0.1) is 0 Å². The molecule has 0 saturated carbocycles. The van der Waals surface area contributed by atoms with E-state index in [1.165, 1.54) is 5.56 Å². The first-order valence-corrected chi connectivity index (χ1v) is 10.1. The smallest absolute Gasteiger partial charge is 0.221 e. The van der Waals surface area contributed by atoms with Gasteiger partial charge in [0.05, 0.1) is 0 Å². The molecule has 5 heteroatoms. The predicted molar refractivity (Wildman–Crippen MR) is 111 cm³/mol.